The number of rotatable bonds is 1. The molecule has 3 rings (SSSR count). The molecular weight excluding hydrogens is 271 g/mol. The van der Waals surface area contributed by atoms with Gasteiger partial charge in [-0.2, -0.15) is 0 Å². The van der Waals surface area contributed by atoms with Gasteiger partial charge in [-0.3, -0.25) is 0 Å². The molecule has 0 radical (unpaired) electrons. The summed E-state index contributed by atoms with van der Waals surface area (Å²) in [4.78, 5) is 2.28. The minimum atomic E-state index is -0.218. The number of benzene rings is 1. The Morgan fingerprint density at radius 3 is 2.55 bits per heavy atom. The second-order valence-electron chi connectivity index (χ2n) is 5.98. The van der Waals surface area contributed by atoms with Crippen LogP contribution in [-0.2, 0) is 0 Å². The zero-order valence-corrected chi connectivity index (χ0v) is 12.5. The van der Waals surface area contributed by atoms with Crippen molar-refractivity contribution in [3.63, 3.8) is 0 Å². The number of anilines is 1. The van der Waals surface area contributed by atoms with E-state index in [0.717, 1.165) is 35.7 Å². The molecule has 2 atom stereocenters. The average molecular weight is 292 g/mol. The Balaban J connectivity index is 1.58. The zero-order chi connectivity index (χ0) is 13.9. The largest absolute Gasteiger partial charge is 0.349 e. The van der Waals surface area contributed by atoms with Gasteiger partial charge in [-0.15, -0.1) is 0 Å². The lowest BCUT2D eigenvalue weighted by molar-refractivity contribution is 0.131. The molecule has 1 aromatic carbocycles. The van der Waals surface area contributed by atoms with Gasteiger partial charge in [0, 0.05) is 18.8 Å². The Kier molecular flexibility index (Phi) is 4.20. The van der Waals surface area contributed by atoms with Gasteiger partial charge >= 0.3 is 0 Å². The van der Waals surface area contributed by atoms with E-state index in [0.29, 0.717) is 0 Å². The SMILES string of the molecule is Fc1ccc(NC(=S)N2CC[C@@H]3CCCC[C@H]3C2)cc1. The molecule has 2 nitrogen and oxygen atoms in total. The molecule has 1 saturated carbocycles. The second kappa shape index (κ2) is 6.08. The van der Waals surface area contributed by atoms with Gasteiger partial charge in [0.15, 0.2) is 5.11 Å². The third-order valence-electron chi connectivity index (χ3n) is 4.67. The summed E-state index contributed by atoms with van der Waals surface area (Å²) in [6.07, 6.45) is 6.78. The summed E-state index contributed by atoms with van der Waals surface area (Å²) >= 11 is 5.50. The maximum Gasteiger partial charge on any atom is 0.173 e. The third kappa shape index (κ3) is 3.11. The molecule has 20 heavy (non-hydrogen) atoms. The number of fused-ring (bicyclic) bond motifs is 1. The van der Waals surface area contributed by atoms with E-state index in [1.807, 2.05) is 0 Å². The first kappa shape index (κ1) is 13.8. The standard InChI is InChI=1S/C16H21FN2S/c17-14-5-7-15(8-6-14)18-16(20)19-10-9-12-3-1-2-4-13(12)11-19/h5-8,12-13H,1-4,9-11H2,(H,18,20)/t12-,13-/m0/s1. The van der Waals surface area contributed by atoms with E-state index in [9.17, 15) is 4.39 Å². The Hall–Kier alpha value is -1.16. The molecule has 1 heterocycles. The van der Waals surface area contributed by atoms with Crippen LogP contribution < -0.4 is 5.32 Å². The van der Waals surface area contributed by atoms with Crippen molar-refractivity contribution in [3.8, 4) is 0 Å². The molecule has 0 bridgehead atoms. The van der Waals surface area contributed by atoms with Gasteiger partial charge < -0.3 is 10.2 Å². The normalized spacial score (nSPS) is 25.9. The quantitative estimate of drug-likeness (QED) is 0.787. The minimum absolute atomic E-state index is 0.218. The summed E-state index contributed by atoms with van der Waals surface area (Å²) in [5.74, 6) is 1.50. The lowest BCUT2D eigenvalue weighted by Gasteiger charge is -2.42. The van der Waals surface area contributed by atoms with Crippen molar-refractivity contribution in [1.82, 2.24) is 4.90 Å². The Labute approximate surface area is 125 Å². The van der Waals surface area contributed by atoms with E-state index >= 15 is 0 Å². The number of hydrogen-bond donors (Lipinski definition) is 1. The molecule has 1 aromatic rings. The molecule has 2 aliphatic rings. The molecule has 1 saturated heterocycles. The van der Waals surface area contributed by atoms with Crippen LogP contribution in [0, 0.1) is 17.7 Å². The van der Waals surface area contributed by atoms with E-state index in [4.69, 9.17) is 12.2 Å². The van der Waals surface area contributed by atoms with Crippen LogP contribution in [0.2, 0.25) is 0 Å². The maximum absolute atomic E-state index is 12.9. The van der Waals surface area contributed by atoms with Crippen LogP contribution >= 0.6 is 12.2 Å². The molecule has 0 spiro atoms. The van der Waals surface area contributed by atoms with Crippen LogP contribution in [0.4, 0.5) is 10.1 Å². The molecule has 2 fully saturated rings. The minimum Gasteiger partial charge on any atom is -0.349 e. The van der Waals surface area contributed by atoms with Gasteiger partial charge in [-0.25, -0.2) is 4.39 Å². The number of nitrogens with zero attached hydrogens (tertiary/aromatic N) is 1. The number of hydrogen-bond acceptors (Lipinski definition) is 1. The smallest absolute Gasteiger partial charge is 0.173 e. The summed E-state index contributed by atoms with van der Waals surface area (Å²) in [7, 11) is 0. The highest BCUT2D eigenvalue weighted by atomic mass is 32.1. The van der Waals surface area contributed by atoms with Crippen LogP contribution in [0.5, 0.6) is 0 Å². The fourth-order valence-corrected chi connectivity index (χ4v) is 3.80. The molecule has 0 amide bonds. The van der Waals surface area contributed by atoms with E-state index < -0.39 is 0 Å². The monoisotopic (exact) mass is 292 g/mol. The van der Waals surface area contributed by atoms with Crippen molar-refractivity contribution in [1.29, 1.82) is 0 Å². The molecule has 1 N–H and O–H groups in total. The number of nitrogens with one attached hydrogen (secondary N) is 1. The highest BCUT2D eigenvalue weighted by molar-refractivity contribution is 7.80. The topological polar surface area (TPSA) is 15.3 Å². The first-order valence-corrected chi connectivity index (χ1v) is 7.95. The Bertz CT molecular complexity index is 474. The summed E-state index contributed by atoms with van der Waals surface area (Å²) in [5.41, 5.74) is 0.863. The van der Waals surface area contributed by atoms with Crippen molar-refractivity contribution in [2.45, 2.75) is 32.1 Å². The van der Waals surface area contributed by atoms with Crippen LogP contribution in [-0.4, -0.2) is 23.1 Å². The van der Waals surface area contributed by atoms with E-state index in [-0.39, 0.29) is 5.82 Å². The van der Waals surface area contributed by atoms with Gasteiger partial charge in [0.2, 0.25) is 0 Å². The number of piperidine rings is 1. The summed E-state index contributed by atoms with van der Waals surface area (Å²) in [6, 6.07) is 6.38. The Morgan fingerprint density at radius 2 is 1.80 bits per heavy atom. The maximum atomic E-state index is 12.9. The molecule has 4 heteroatoms. The first-order valence-electron chi connectivity index (χ1n) is 7.54. The van der Waals surface area contributed by atoms with Crippen molar-refractivity contribution < 1.29 is 4.39 Å². The van der Waals surface area contributed by atoms with Crippen molar-refractivity contribution in [2.75, 3.05) is 18.4 Å². The summed E-state index contributed by atoms with van der Waals surface area (Å²) in [6.45, 7) is 2.13. The molecule has 1 aliphatic carbocycles. The van der Waals surface area contributed by atoms with Gasteiger partial charge in [0.25, 0.3) is 0 Å². The van der Waals surface area contributed by atoms with E-state index in [1.54, 1.807) is 12.1 Å². The van der Waals surface area contributed by atoms with Gasteiger partial charge in [-0.05, 0) is 61.2 Å². The number of likely N-dealkylation sites (tertiary alicyclic amines) is 1. The van der Waals surface area contributed by atoms with E-state index in [1.165, 1.54) is 44.2 Å². The predicted molar refractivity (Wildman–Crippen MR) is 84.3 cm³/mol. The fourth-order valence-electron chi connectivity index (χ4n) is 3.52. The lowest BCUT2D eigenvalue weighted by Crippen LogP contribution is -2.46. The van der Waals surface area contributed by atoms with Gasteiger partial charge in [0.1, 0.15) is 5.82 Å². The van der Waals surface area contributed by atoms with Crippen LogP contribution in [0.15, 0.2) is 24.3 Å². The molecular formula is C16H21FN2S. The van der Waals surface area contributed by atoms with Crippen LogP contribution in [0.3, 0.4) is 0 Å². The molecule has 0 unspecified atom stereocenters. The van der Waals surface area contributed by atoms with Gasteiger partial charge in [0.05, 0.1) is 0 Å². The lowest BCUT2D eigenvalue weighted by atomic mass is 9.75. The van der Waals surface area contributed by atoms with Crippen molar-refractivity contribution >= 4 is 23.0 Å². The highest BCUT2D eigenvalue weighted by Crippen LogP contribution is 2.36. The summed E-state index contributed by atoms with van der Waals surface area (Å²) < 4.78 is 12.9. The van der Waals surface area contributed by atoms with Crippen molar-refractivity contribution in [2.24, 2.45) is 11.8 Å². The molecule has 0 aromatic heterocycles. The molecule has 1 aliphatic heterocycles. The number of halogens is 1. The predicted octanol–water partition coefficient (Wildman–Crippen LogP) is 4.03. The van der Waals surface area contributed by atoms with Crippen molar-refractivity contribution in [3.05, 3.63) is 30.1 Å². The summed E-state index contributed by atoms with van der Waals surface area (Å²) in [5, 5.41) is 4.00. The second-order valence-corrected chi connectivity index (χ2v) is 6.36. The Morgan fingerprint density at radius 1 is 1.10 bits per heavy atom. The average Bonchev–Trinajstić information content (AvgIpc) is 2.49. The van der Waals surface area contributed by atoms with Crippen LogP contribution in [0.1, 0.15) is 32.1 Å². The third-order valence-corrected chi connectivity index (χ3v) is 5.03. The van der Waals surface area contributed by atoms with Gasteiger partial charge in [-0.1, -0.05) is 19.3 Å². The zero-order valence-electron chi connectivity index (χ0n) is 11.6. The molecule has 108 valence electrons. The van der Waals surface area contributed by atoms with E-state index in [2.05, 4.69) is 10.2 Å². The first-order chi connectivity index (χ1) is 9.72. The fraction of sp³-hybridized carbons (Fsp3) is 0.562. The highest BCUT2D eigenvalue weighted by Gasteiger charge is 2.31. The van der Waals surface area contributed by atoms with Crippen LogP contribution in [0.25, 0.3) is 0 Å². The number of thiocarbonyl (C=S) groups is 1.